The Labute approximate surface area is 159 Å². The van der Waals surface area contributed by atoms with Gasteiger partial charge in [0.2, 0.25) is 5.91 Å². The van der Waals surface area contributed by atoms with Crippen molar-refractivity contribution in [2.45, 2.75) is 20.3 Å². The van der Waals surface area contributed by atoms with E-state index in [0.29, 0.717) is 29.8 Å². The van der Waals surface area contributed by atoms with Gasteiger partial charge in [-0.15, -0.1) is 0 Å². The molecule has 2 atom stereocenters. The molecule has 5 nitrogen and oxygen atoms in total. The Kier molecular flexibility index (Phi) is 4.79. The van der Waals surface area contributed by atoms with E-state index in [1.807, 2.05) is 36.4 Å². The summed E-state index contributed by atoms with van der Waals surface area (Å²) in [5, 5.41) is 5.04. The van der Waals surface area contributed by atoms with Crippen LogP contribution in [0.5, 0.6) is 5.75 Å². The Bertz CT molecular complexity index is 968. The van der Waals surface area contributed by atoms with E-state index in [0.717, 1.165) is 35.0 Å². The third kappa shape index (κ3) is 3.65. The number of rotatable bonds is 4. The molecule has 0 bridgehead atoms. The SMILES string of the molecule is COc1cc2c(cc1NC(=O)CN1CC(C)CC(C)C1)oc1ccccc12. The number of ether oxygens (including phenoxy) is 1. The van der Waals surface area contributed by atoms with Crippen molar-refractivity contribution in [3.8, 4) is 5.75 Å². The van der Waals surface area contributed by atoms with Crippen molar-refractivity contribution in [1.82, 2.24) is 4.90 Å². The third-order valence-electron chi connectivity index (χ3n) is 5.28. The van der Waals surface area contributed by atoms with Crippen LogP contribution in [0.4, 0.5) is 5.69 Å². The van der Waals surface area contributed by atoms with Gasteiger partial charge in [0, 0.05) is 29.9 Å². The quantitative estimate of drug-likeness (QED) is 0.738. The standard InChI is InChI=1S/C22H26N2O3/c1-14-8-15(2)12-24(11-14)13-22(25)23-18-10-20-17(9-21(18)26-3)16-6-4-5-7-19(16)27-20/h4-7,9-10,14-15H,8,11-13H2,1-3H3,(H,23,25). The normalized spacial score (nSPS) is 20.9. The number of piperidine rings is 1. The van der Waals surface area contributed by atoms with E-state index >= 15 is 0 Å². The van der Waals surface area contributed by atoms with Gasteiger partial charge in [-0.25, -0.2) is 0 Å². The van der Waals surface area contributed by atoms with Crippen molar-refractivity contribution in [2.75, 3.05) is 32.1 Å². The first-order valence-corrected chi connectivity index (χ1v) is 9.55. The maximum atomic E-state index is 12.6. The highest BCUT2D eigenvalue weighted by Crippen LogP contribution is 2.36. The predicted octanol–water partition coefficient (Wildman–Crippen LogP) is 4.51. The monoisotopic (exact) mass is 366 g/mol. The molecule has 2 aromatic carbocycles. The molecular formula is C22H26N2O3. The zero-order valence-corrected chi connectivity index (χ0v) is 16.1. The van der Waals surface area contributed by atoms with Gasteiger partial charge < -0.3 is 14.5 Å². The van der Waals surface area contributed by atoms with Gasteiger partial charge in [-0.05, 0) is 30.4 Å². The number of nitrogens with one attached hydrogen (secondary N) is 1. The van der Waals surface area contributed by atoms with Crippen LogP contribution in [0.1, 0.15) is 20.3 Å². The average Bonchev–Trinajstić information content (AvgIpc) is 2.97. The Morgan fingerprint density at radius 1 is 1.15 bits per heavy atom. The number of hydrogen-bond acceptors (Lipinski definition) is 4. The maximum Gasteiger partial charge on any atom is 0.238 e. The minimum absolute atomic E-state index is 0.0231. The maximum absolute atomic E-state index is 12.6. The molecule has 142 valence electrons. The van der Waals surface area contributed by atoms with E-state index in [4.69, 9.17) is 9.15 Å². The fraction of sp³-hybridized carbons (Fsp3) is 0.409. The lowest BCUT2D eigenvalue weighted by Crippen LogP contribution is -2.42. The topological polar surface area (TPSA) is 54.7 Å². The fourth-order valence-electron chi connectivity index (χ4n) is 4.33. The van der Waals surface area contributed by atoms with Gasteiger partial charge in [-0.1, -0.05) is 32.0 Å². The molecule has 1 N–H and O–H groups in total. The molecule has 5 heteroatoms. The second kappa shape index (κ2) is 7.24. The molecule has 0 radical (unpaired) electrons. The van der Waals surface area contributed by atoms with Crippen molar-refractivity contribution in [1.29, 1.82) is 0 Å². The molecule has 1 amide bonds. The third-order valence-corrected chi connectivity index (χ3v) is 5.28. The van der Waals surface area contributed by atoms with E-state index in [2.05, 4.69) is 24.1 Å². The number of carbonyl (C=O) groups is 1. The molecule has 1 fully saturated rings. The van der Waals surface area contributed by atoms with Gasteiger partial charge in [0.1, 0.15) is 16.9 Å². The Balaban J connectivity index is 1.57. The summed E-state index contributed by atoms with van der Waals surface area (Å²) in [7, 11) is 1.62. The Morgan fingerprint density at radius 2 is 1.89 bits per heavy atom. The molecule has 2 heterocycles. The smallest absolute Gasteiger partial charge is 0.238 e. The molecule has 1 aromatic heterocycles. The second-order valence-corrected chi connectivity index (χ2v) is 7.84. The van der Waals surface area contributed by atoms with Crippen LogP contribution >= 0.6 is 0 Å². The molecular weight excluding hydrogens is 340 g/mol. The van der Waals surface area contributed by atoms with Crippen molar-refractivity contribution in [2.24, 2.45) is 11.8 Å². The molecule has 0 saturated carbocycles. The first-order valence-electron chi connectivity index (χ1n) is 9.55. The van der Waals surface area contributed by atoms with Crippen LogP contribution in [0.2, 0.25) is 0 Å². The number of likely N-dealkylation sites (tertiary alicyclic amines) is 1. The molecule has 1 saturated heterocycles. The summed E-state index contributed by atoms with van der Waals surface area (Å²) in [6.45, 7) is 6.84. The van der Waals surface area contributed by atoms with Gasteiger partial charge in [0.25, 0.3) is 0 Å². The van der Waals surface area contributed by atoms with Crippen molar-refractivity contribution in [3.05, 3.63) is 36.4 Å². The van der Waals surface area contributed by atoms with Crippen molar-refractivity contribution in [3.63, 3.8) is 0 Å². The van der Waals surface area contributed by atoms with Crippen LogP contribution in [0.15, 0.2) is 40.8 Å². The van der Waals surface area contributed by atoms with Gasteiger partial charge >= 0.3 is 0 Å². The van der Waals surface area contributed by atoms with Crippen LogP contribution in [0.25, 0.3) is 21.9 Å². The molecule has 0 aliphatic carbocycles. The number of anilines is 1. The zero-order chi connectivity index (χ0) is 19.0. The molecule has 2 unspecified atom stereocenters. The lowest BCUT2D eigenvalue weighted by molar-refractivity contribution is -0.117. The average molecular weight is 366 g/mol. The van der Waals surface area contributed by atoms with Crippen LogP contribution in [0, 0.1) is 11.8 Å². The lowest BCUT2D eigenvalue weighted by atomic mass is 9.92. The number of furan rings is 1. The first kappa shape index (κ1) is 17.9. The summed E-state index contributed by atoms with van der Waals surface area (Å²) < 4.78 is 11.5. The summed E-state index contributed by atoms with van der Waals surface area (Å²) >= 11 is 0. The molecule has 3 aromatic rings. The summed E-state index contributed by atoms with van der Waals surface area (Å²) in [6, 6.07) is 11.7. The second-order valence-electron chi connectivity index (χ2n) is 7.84. The van der Waals surface area contributed by atoms with E-state index in [9.17, 15) is 4.79 Å². The number of hydrogen-bond donors (Lipinski definition) is 1. The number of para-hydroxylation sites is 1. The predicted molar refractivity (Wildman–Crippen MR) is 108 cm³/mol. The molecule has 4 rings (SSSR count). The number of benzene rings is 2. The largest absolute Gasteiger partial charge is 0.495 e. The van der Waals surface area contributed by atoms with Gasteiger partial charge in [-0.3, -0.25) is 9.69 Å². The number of carbonyl (C=O) groups excluding carboxylic acids is 1. The van der Waals surface area contributed by atoms with Crippen LogP contribution < -0.4 is 10.1 Å². The summed E-state index contributed by atoms with van der Waals surface area (Å²) in [5.41, 5.74) is 2.22. The van der Waals surface area contributed by atoms with Crippen LogP contribution in [-0.4, -0.2) is 37.6 Å². The number of fused-ring (bicyclic) bond motifs is 3. The van der Waals surface area contributed by atoms with Crippen LogP contribution in [-0.2, 0) is 4.79 Å². The minimum atomic E-state index is -0.0231. The highest BCUT2D eigenvalue weighted by Gasteiger charge is 2.23. The highest BCUT2D eigenvalue weighted by molar-refractivity contribution is 6.07. The minimum Gasteiger partial charge on any atom is -0.495 e. The summed E-state index contributed by atoms with van der Waals surface area (Å²) in [4.78, 5) is 14.9. The van der Waals surface area contributed by atoms with E-state index in [1.165, 1.54) is 6.42 Å². The lowest BCUT2D eigenvalue weighted by Gasteiger charge is -2.34. The van der Waals surface area contributed by atoms with E-state index in [1.54, 1.807) is 7.11 Å². The van der Waals surface area contributed by atoms with Crippen molar-refractivity contribution < 1.29 is 13.9 Å². The van der Waals surface area contributed by atoms with Gasteiger partial charge in [0.15, 0.2) is 0 Å². The van der Waals surface area contributed by atoms with E-state index in [-0.39, 0.29) is 5.91 Å². The number of amides is 1. The van der Waals surface area contributed by atoms with Gasteiger partial charge in [0.05, 0.1) is 19.3 Å². The fourth-order valence-corrected chi connectivity index (χ4v) is 4.33. The van der Waals surface area contributed by atoms with Gasteiger partial charge in [-0.2, -0.15) is 0 Å². The Morgan fingerprint density at radius 3 is 2.63 bits per heavy atom. The zero-order valence-electron chi connectivity index (χ0n) is 16.1. The highest BCUT2D eigenvalue weighted by atomic mass is 16.5. The summed E-state index contributed by atoms with van der Waals surface area (Å²) in [6.07, 6.45) is 1.23. The first-order chi connectivity index (χ1) is 13.0. The molecule has 0 spiro atoms. The molecule has 1 aliphatic rings. The number of methoxy groups -OCH3 is 1. The summed E-state index contributed by atoms with van der Waals surface area (Å²) in [5.74, 6) is 1.87. The Hall–Kier alpha value is -2.53. The molecule has 27 heavy (non-hydrogen) atoms. The molecule has 1 aliphatic heterocycles. The van der Waals surface area contributed by atoms with Crippen molar-refractivity contribution >= 4 is 33.5 Å². The number of nitrogens with zero attached hydrogens (tertiary/aromatic N) is 1. The van der Waals surface area contributed by atoms with E-state index < -0.39 is 0 Å². The van der Waals surface area contributed by atoms with Crippen LogP contribution in [0.3, 0.4) is 0 Å².